The number of sulfonamides is 1. The van der Waals surface area contributed by atoms with Gasteiger partial charge in [0.15, 0.2) is 5.78 Å². The Morgan fingerprint density at radius 1 is 0.971 bits per heavy atom. The third-order valence-electron chi connectivity index (χ3n) is 6.16. The number of hydrogen-bond acceptors (Lipinski definition) is 6. The maximum atomic E-state index is 13.1. The molecule has 8 heteroatoms. The van der Waals surface area contributed by atoms with E-state index in [1.54, 1.807) is 33.1 Å². The van der Waals surface area contributed by atoms with Gasteiger partial charge in [-0.05, 0) is 67.7 Å². The molecule has 35 heavy (non-hydrogen) atoms. The highest BCUT2D eigenvalue weighted by Gasteiger charge is 2.25. The van der Waals surface area contributed by atoms with Crippen molar-refractivity contribution in [1.82, 2.24) is 9.21 Å². The van der Waals surface area contributed by atoms with Gasteiger partial charge in [-0.1, -0.05) is 38.1 Å². The lowest BCUT2D eigenvalue weighted by atomic mass is 10.0. The number of rotatable bonds is 15. The number of hydrogen-bond donors (Lipinski definition) is 0. The first-order valence-electron chi connectivity index (χ1n) is 12.1. The van der Waals surface area contributed by atoms with Crippen LogP contribution in [-0.2, 0) is 32.4 Å². The molecule has 0 atom stereocenters. The van der Waals surface area contributed by atoms with Gasteiger partial charge >= 0.3 is 0 Å². The maximum Gasteiger partial charge on any atom is 0.243 e. The zero-order valence-corrected chi connectivity index (χ0v) is 22.8. The number of carbonyl (C=O) groups excluding carboxylic acids is 1. The minimum Gasteiger partial charge on any atom is -0.497 e. The summed E-state index contributed by atoms with van der Waals surface area (Å²) in [7, 11) is -0.612. The van der Waals surface area contributed by atoms with Crippen LogP contribution in [0.3, 0.4) is 0 Å². The summed E-state index contributed by atoms with van der Waals surface area (Å²) in [4.78, 5) is 15.1. The Kier molecular flexibility index (Phi) is 11.4. The van der Waals surface area contributed by atoms with Crippen LogP contribution in [0.2, 0.25) is 0 Å². The number of carbonyl (C=O) groups is 1. The molecule has 0 amide bonds. The van der Waals surface area contributed by atoms with E-state index in [0.717, 1.165) is 31.6 Å². The van der Waals surface area contributed by atoms with E-state index in [-0.39, 0.29) is 30.4 Å². The highest BCUT2D eigenvalue weighted by Crippen LogP contribution is 2.27. The average molecular weight is 505 g/mol. The number of benzene rings is 2. The van der Waals surface area contributed by atoms with Crippen LogP contribution in [0.5, 0.6) is 5.75 Å². The van der Waals surface area contributed by atoms with Gasteiger partial charge in [0, 0.05) is 26.6 Å². The first-order chi connectivity index (χ1) is 16.6. The molecular formula is C27H40N2O5S. The van der Waals surface area contributed by atoms with Crippen LogP contribution in [0.15, 0.2) is 41.3 Å². The van der Waals surface area contributed by atoms with E-state index in [4.69, 9.17) is 9.47 Å². The van der Waals surface area contributed by atoms with Crippen LogP contribution in [0.4, 0.5) is 0 Å². The first-order valence-corrected chi connectivity index (χ1v) is 13.6. The first kappa shape index (κ1) is 29.0. The SMILES string of the molecule is CCN(CC)CCc1cccc(CC(=O)COCCN(C)S(=O)(=O)c2c(C)cc(OC)cc2C)c1. The van der Waals surface area contributed by atoms with Gasteiger partial charge in [-0.25, -0.2) is 8.42 Å². The summed E-state index contributed by atoms with van der Waals surface area (Å²) in [5.41, 5.74) is 3.45. The molecule has 0 heterocycles. The molecule has 0 aliphatic rings. The second-order valence-electron chi connectivity index (χ2n) is 8.78. The standard InChI is InChI=1S/C27H40N2O5S/c1-7-29(8-2)13-12-23-10-9-11-24(18-23)19-25(30)20-34-15-14-28(5)35(31,32)27-21(3)16-26(33-6)17-22(27)4/h9-11,16-18H,7-8,12-15,19-20H2,1-6H3. The molecule has 0 N–H and O–H groups in total. The number of nitrogens with zero attached hydrogens (tertiary/aromatic N) is 2. The Morgan fingerprint density at radius 2 is 1.60 bits per heavy atom. The number of methoxy groups -OCH3 is 1. The summed E-state index contributed by atoms with van der Waals surface area (Å²) < 4.78 is 38.1. The normalized spacial score (nSPS) is 11.9. The van der Waals surface area contributed by atoms with Crippen molar-refractivity contribution in [3.05, 3.63) is 58.7 Å². The molecule has 0 aromatic heterocycles. The van der Waals surface area contributed by atoms with Crippen molar-refractivity contribution in [2.45, 2.75) is 45.4 Å². The Balaban J connectivity index is 1.84. The zero-order chi connectivity index (χ0) is 26.0. The van der Waals surface area contributed by atoms with E-state index in [2.05, 4.69) is 30.9 Å². The lowest BCUT2D eigenvalue weighted by Gasteiger charge is -2.20. The molecular weight excluding hydrogens is 464 g/mol. The summed E-state index contributed by atoms with van der Waals surface area (Å²) >= 11 is 0. The molecule has 0 radical (unpaired) electrons. The number of aryl methyl sites for hydroxylation is 2. The number of ether oxygens (including phenoxy) is 2. The van der Waals surface area contributed by atoms with Gasteiger partial charge in [0.1, 0.15) is 12.4 Å². The van der Waals surface area contributed by atoms with Crippen LogP contribution < -0.4 is 4.74 Å². The van der Waals surface area contributed by atoms with Crippen molar-refractivity contribution < 1.29 is 22.7 Å². The summed E-state index contributed by atoms with van der Waals surface area (Å²) in [6.45, 7) is 11.1. The second kappa shape index (κ2) is 13.7. The molecule has 0 aliphatic carbocycles. The third kappa shape index (κ3) is 8.42. The maximum absolute atomic E-state index is 13.1. The summed E-state index contributed by atoms with van der Waals surface area (Å²) in [5, 5.41) is 0. The predicted molar refractivity (Wildman–Crippen MR) is 140 cm³/mol. The van der Waals surface area contributed by atoms with E-state index < -0.39 is 10.0 Å². The molecule has 2 aromatic rings. The van der Waals surface area contributed by atoms with Gasteiger partial charge in [-0.15, -0.1) is 0 Å². The van der Waals surface area contributed by atoms with E-state index in [1.165, 1.54) is 16.9 Å². The highest BCUT2D eigenvalue weighted by atomic mass is 32.2. The van der Waals surface area contributed by atoms with Gasteiger partial charge in [-0.3, -0.25) is 4.79 Å². The predicted octanol–water partition coefficient (Wildman–Crippen LogP) is 3.65. The van der Waals surface area contributed by atoms with Crippen molar-refractivity contribution in [2.24, 2.45) is 0 Å². The molecule has 2 aromatic carbocycles. The number of ketones is 1. The Morgan fingerprint density at radius 3 is 2.20 bits per heavy atom. The Bertz CT molecular complexity index is 1060. The molecule has 0 saturated heterocycles. The molecule has 0 spiro atoms. The largest absolute Gasteiger partial charge is 0.497 e. The molecule has 0 aliphatic heterocycles. The molecule has 194 valence electrons. The van der Waals surface area contributed by atoms with Gasteiger partial charge in [0.2, 0.25) is 10.0 Å². The highest BCUT2D eigenvalue weighted by molar-refractivity contribution is 7.89. The van der Waals surface area contributed by atoms with E-state index in [9.17, 15) is 13.2 Å². The minimum atomic E-state index is -3.69. The van der Waals surface area contributed by atoms with Gasteiger partial charge < -0.3 is 14.4 Å². The summed E-state index contributed by atoms with van der Waals surface area (Å²) in [6.07, 6.45) is 1.26. The lowest BCUT2D eigenvalue weighted by Crippen LogP contribution is -2.31. The number of likely N-dealkylation sites (N-methyl/N-ethyl adjacent to an activating group) is 2. The van der Waals surface area contributed by atoms with Crippen LogP contribution in [0, 0.1) is 13.8 Å². The van der Waals surface area contributed by atoms with Crippen molar-refractivity contribution >= 4 is 15.8 Å². The number of Topliss-reactive ketones (excluding diaryl/α,β-unsaturated/α-hetero) is 1. The van der Waals surface area contributed by atoms with Gasteiger partial charge in [0.25, 0.3) is 0 Å². The van der Waals surface area contributed by atoms with E-state index >= 15 is 0 Å². The smallest absolute Gasteiger partial charge is 0.243 e. The van der Waals surface area contributed by atoms with Crippen molar-refractivity contribution in [2.75, 3.05) is 53.6 Å². The van der Waals surface area contributed by atoms with Crippen LogP contribution >= 0.6 is 0 Å². The Labute approximate surface area is 211 Å². The molecule has 0 fully saturated rings. The molecule has 2 rings (SSSR count). The topological polar surface area (TPSA) is 76.2 Å². The third-order valence-corrected chi connectivity index (χ3v) is 8.32. The fraction of sp³-hybridized carbons (Fsp3) is 0.519. The quantitative estimate of drug-likeness (QED) is 0.345. The molecule has 0 unspecified atom stereocenters. The Hall–Kier alpha value is -2.26. The molecule has 0 saturated carbocycles. The van der Waals surface area contributed by atoms with Gasteiger partial charge in [-0.2, -0.15) is 4.31 Å². The summed E-state index contributed by atoms with van der Waals surface area (Å²) in [6, 6.07) is 11.5. The zero-order valence-electron chi connectivity index (χ0n) is 22.0. The average Bonchev–Trinajstić information content (AvgIpc) is 2.81. The summed E-state index contributed by atoms with van der Waals surface area (Å²) in [5.74, 6) is 0.594. The van der Waals surface area contributed by atoms with Crippen LogP contribution in [0.25, 0.3) is 0 Å². The van der Waals surface area contributed by atoms with E-state index in [0.29, 0.717) is 23.3 Å². The van der Waals surface area contributed by atoms with E-state index in [1.807, 2.05) is 12.1 Å². The van der Waals surface area contributed by atoms with Crippen LogP contribution in [0.1, 0.15) is 36.1 Å². The van der Waals surface area contributed by atoms with Crippen molar-refractivity contribution in [1.29, 1.82) is 0 Å². The van der Waals surface area contributed by atoms with Gasteiger partial charge in [0.05, 0.1) is 18.6 Å². The minimum absolute atomic E-state index is 0.0294. The fourth-order valence-corrected chi connectivity index (χ4v) is 5.65. The molecule has 7 nitrogen and oxygen atoms in total. The van der Waals surface area contributed by atoms with Crippen LogP contribution in [-0.4, -0.2) is 77.0 Å². The van der Waals surface area contributed by atoms with Crippen molar-refractivity contribution in [3.63, 3.8) is 0 Å². The second-order valence-corrected chi connectivity index (χ2v) is 10.8. The van der Waals surface area contributed by atoms with Crippen molar-refractivity contribution in [3.8, 4) is 5.75 Å². The lowest BCUT2D eigenvalue weighted by molar-refractivity contribution is -0.122. The molecule has 0 bridgehead atoms. The monoisotopic (exact) mass is 504 g/mol. The fourth-order valence-electron chi connectivity index (χ4n) is 4.09.